The van der Waals surface area contributed by atoms with Crippen LogP contribution in [0, 0.1) is 17.8 Å². The number of carbonyl (C=O) groups is 2. The first-order chi connectivity index (χ1) is 26.2. The summed E-state index contributed by atoms with van der Waals surface area (Å²) in [4.78, 5) is 26.7. The average molecular weight is 760 g/mol. The Hall–Kier alpha value is -1.84. The Balaban J connectivity index is 4.14. The van der Waals surface area contributed by atoms with E-state index in [0.717, 1.165) is 71.1 Å². The number of nitrogens with zero attached hydrogens (tertiary/aromatic N) is 1. The predicted molar refractivity (Wildman–Crippen MR) is 230 cm³/mol. The standard InChI is InChI=1S/C48H89NO5/c1-8-11-29-44(6)36-40-53-47(50)34-26-22-18-14-16-20-24-32-46(42-52-39-28-38-49(7)43(4)5)33-25-21-17-15-19-23-27-35-48(51)54-41-37-45(30-12-9-2)31-13-10-3/h30,43-46H,2,8,10-11,13-29,31-42H2,1,3-7H3. The number of hydrogen-bond acceptors (Lipinski definition) is 6. The maximum atomic E-state index is 12.2. The second kappa shape index (κ2) is 39.4. The summed E-state index contributed by atoms with van der Waals surface area (Å²) in [5.41, 5.74) is 5.67. The van der Waals surface area contributed by atoms with Crippen LogP contribution < -0.4 is 0 Å². The van der Waals surface area contributed by atoms with Gasteiger partial charge in [-0.15, -0.1) is 0 Å². The molecule has 0 rings (SSSR count). The lowest BCUT2D eigenvalue weighted by Crippen LogP contribution is -2.28. The highest BCUT2D eigenvalue weighted by Crippen LogP contribution is 2.21. The van der Waals surface area contributed by atoms with E-state index in [1.165, 1.54) is 109 Å². The smallest absolute Gasteiger partial charge is 0.305 e. The molecular weight excluding hydrogens is 671 g/mol. The molecule has 54 heavy (non-hydrogen) atoms. The SMILES string of the molecule is C=C=C=CC(CCCC)CCOC(=O)CCCCCCCCCC(CCCCCCCCCC(=O)OCCC(C)CCCC)COCCCN(C)C(C)C. The molecule has 0 aromatic rings. The van der Waals surface area contributed by atoms with Gasteiger partial charge < -0.3 is 19.1 Å². The van der Waals surface area contributed by atoms with Crippen molar-refractivity contribution in [2.75, 3.05) is 40.0 Å². The van der Waals surface area contributed by atoms with E-state index in [-0.39, 0.29) is 11.9 Å². The molecule has 0 bridgehead atoms. The van der Waals surface area contributed by atoms with Crippen LogP contribution >= 0.6 is 0 Å². The van der Waals surface area contributed by atoms with Gasteiger partial charge in [0.05, 0.1) is 13.2 Å². The molecule has 0 heterocycles. The van der Waals surface area contributed by atoms with Crippen LogP contribution in [0.2, 0.25) is 0 Å². The molecule has 0 spiro atoms. The van der Waals surface area contributed by atoms with Gasteiger partial charge in [-0.25, -0.2) is 0 Å². The summed E-state index contributed by atoms with van der Waals surface area (Å²) in [7, 11) is 2.20. The van der Waals surface area contributed by atoms with Crippen LogP contribution in [0.5, 0.6) is 0 Å². The summed E-state index contributed by atoms with van der Waals surface area (Å²) in [5, 5.41) is 0. The third kappa shape index (κ3) is 35.8. The van der Waals surface area contributed by atoms with Gasteiger partial charge in [-0.2, -0.15) is 0 Å². The van der Waals surface area contributed by atoms with E-state index in [1.54, 1.807) is 0 Å². The van der Waals surface area contributed by atoms with Crippen molar-refractivity contribution in [2.24, 2.45) is 17.8 Å². The molecule has 0 amide bonds. The predicted octanol–water partition coefficient (Wildman–Crippen LogP) is 13.4. The van der Waals surface area contributed by atoms with E-state index in [4.69, 9.17) is 14.2 Å². The minimum Gasteiger partial charge on any atom is -0.466 e. The summed E-state index contributed by atoms with van der Waals surface area (Å²) in [6.07, 6.45) is 32.6. The average Bonchev–Trinajstić information content (AvgIpc) is 3.15. The van der Waals surface area contributed by atoms with Gasteiger partial charge in [0, 0.05) is 38.6 Å². The normalized spacial score (nSPS) is 13.0. The van der Waals surface area contributed by atoms with E-state index in [1.807, 2.05) is 6.08 Å². The lowest BCUT2D eigenvalue weighted by molar-refractivity contribution is -0.145. The first kappa shape index (κ1) is 52.2. The summed E-state index contributed by atoms with van der Waals surface area (Å²) in [5.74, 6) is 1.62. The summed E-state index contributed by atoms with van der Waals surface area (Å²) in [6.45, 7) is 18.7. The first-order valence-corrected chi connectivity index (χ1v) is 22.9. The molecule has 0 fully saturated rings. The number of esters is 2. The lowest BCUT2D eigenvalue weighted by Gasteiger charge is -2.21. The number of unbranched alkanes of at least 4 members (excludes halogenated alkanes) is 14. The van der Waals surface area contributed by atoms with Crippen LogP contribution in [0.1, 0.15) is 208 Å². The van der Waals surface area contributed by atoms with Crippen LogP contribution in [-0.4, -0.2) is 62.9 Å². The van der Waals surface area contributed by atoms with Gasteiger partial charge in [0.2, 0.25) is 0 Å². The van der Waals surface area contributed by atoms with Gasteiger partial charge in [0.15, 0.2) is 0 Å². The molecule has 6 nitrogen and oxygen atoms in total. The second-order valence-corrected chi connectivity index (χ2v) is 16.6. The largest absolute Gasteiger partial charge is 0.466 e. The van der Waals surface area contributed by atoms with Gasteiger partial charge in [0.1, 0.15) is 0 Å². The number of rotatable bonds is 40. The topological polar surface area (TPSA) is 65.1 Å². The Bertz CT molecular complexity index is 937. The van der Waals surface area contributed by atoms with Crippen molar-refractivity contribution in [1.29, 1.82) is 0 Å². The third-order valence-corrected chi connectivity index (χ3v) is 11.0. The van der Waals surface area contributed by atoms with Crippen molar-refractivity contribution < 1.29 is 23.8 Å². The molecule has 316 valence electrons. The molecule has 0 N–H and O–H groups in total. The fraction of sp³-hybridized carbons (Fsp3) is 0.875. The highest BCUT2D eigenvalue weighted by atomic mass is 16.5. The van der Waals surface area contributed by atoms with Crippen molar-refractivity contribution in [2.45, 2.75) is 214 Å². The summed E-state index contributed by atoms with van der Waals surface area (Å²) < 4.78 is 17.2. The maximum Gasteiger partial charge on any atom is 0.305 e. The van der Waals surface area contributed by atoms with Gasteiger partial charge in [-0.05, 0) is 103 Å². The van der Waals surface area contributed by atoms with E-state index in [9.17, 15) is 9.59 Å². The molecule has 0 aliphatic carbocycles. The van der Waals surface area contributed by atoms with Gasteiger partial charge in [0.25, 0.3) is 0 Å². The first-order valence-electron chi connectivity index (χ1n) is 22.9. The third-order valence-electron chi connectivity index (χ3n) is 11.0. The van der Waals surface area contributed by atoms with Gasteiger partial charge in [-0.3, -0.25) is 9.59 Å². The monoisotopic (exact) mass is 760 g/mol. The number of ether oxygens (including phenoxy) is 3. The zero-order chi connectivity index (χ0) is 39.9. The molecular formula is C48H89NO5. The van der Waals surface area contributed by atoms with E-state index < -0.39 is 0 Å². The lowest BCUT2D eigenvalue weighted by atomic mass is 9.94. The number of allylic oxidation sites excluding steroid dienone is 1. The molecule has 0 radical (unpaired) electrons. The fourth-order valence-corrected chi connectivity index (χ4v) is 6.90. The molecule has 0 aliphatic rings. The molecule has 3 atom stereocenters. The molecule has 0 aliphatic heterocycles. The van der Waals surface area contributed by atoms with Crippen LogP contribution in [0.3, 0.4) is 0 Å². The minimum absolute atomic E-state index is 0.0128. The van der Waals surface area contributed by atoms with Crippen molar-refractivity contribution in [3.05, 3.63) is 24.1 Å². The van der Waals surface area contributed by atoms with Crippen molar-refractivity contribution in [3.8, 4) is 0 Å². The second-order valence-electron chi connectivity index (χ2n) is 16.6. The molecule has 0 aromatic carbocycles. The highest BCUT2D eigenvalue weighted by molar-refractivity contribution is 5.69. The van der Waals surface area contributed by atoms with Crippen molar-refractivity contribution in [3.63, 3.8) is 0 Å². The Morgan fingerprint density at radius 1 is 0.611 bits per heavy atom. The zero-order valence-electron chi connectivity index (χ0n) is 36.7. The van der Waals surface area contributed by atoms with Crippen LogP contribution in [-0.2, 0) is 23.8 Å². The van der Waals surface area contributed by atoms with Gasteiger partial charge in [-0.1, -0.05) is 141 Å². The van der Waals surface area contributed by atoms with Gasteiger partial charge >= 0.3 is 11.9 Å². The Labute approximate surface area is 335 Å². The summed E-state index contributed by atoms with van der Waals surface area (Å²) >= 11 is 0. The van der Waals surface area contributed by atoms with Crippen LogP contribution in [0.15, 0.2) is 24.1 Å². The van der Waals surface area contributed by atoms with Crippen molar-refractivity contribution >= 4 is 11.9 Å². The van der Waals surface area contributed by atoms with E-state index in [2.05, 4.69) is 64.6 Å². The van der Waals surface area contributed by atoms with Crippen LogP contribution in [0.4, 0.5) is 0 Å². The van der Waals surface area contributed by atoms with Crippen LogP contribution in [0.25, 0.3) is 0 Å². The highest BCUT2D eigenvalue weighted by Gasteiger charge is 2.11. The molecule has 0 saturated carbocycles. The Morgan fingerprint density at radius 3 is 1.63 bits per heavy atom. The zero-order valence-corrected chi connectivity index (χ0v) is 36.7. The van der Waals surface area contributed by atoms with E-state index in [0.29, 0.717) is 49.9 Å². The van der Waals surface area contributed by atoms with Crippen molar-refractivity contribution in [1.82, 2.24) is 4.90 Å². The number of hydrogen-bond donors (Lipinski definition) is 0. The van der Waals surface area contributed by atoms with E-state index >= 15 is 0 Å². The Morgan fingerprint density at radius 2 is 1.11 bits per heavy atom. The summed E-state index contributed by atoms with van der Waals surface area (Å²) in [6, 6.07) is 0.580. The number of carbonyl (C=O) groups excluding carboxylic acids is 2. The fourth-order valence-electron chi connectivity index (χ4n) is 6.90. The maximum absolute atomic E-state index is 12.2. The minimum atomic E-state index is -0.0555. The Kier molecular flexibility index (Phi) is 38.1. The quantitative estimate of drug-likeness (QED) is 0.0352. The molecule has 3 unspecified atom stereocenters. The molecule has 0 saturated heterocycles. The molecule has 6 heteroatoms. The molecule has 0 aromatic heterocycles.